The minimum Gasteiger partial charge on any atom is -0.366 e. The Morgan fingerprint density at radius 1 is 1.33 bits per heavy atom. The van der Waals surface area contributed by atoms with E-state index < -0.39 is 23.1 Å². The Morgan fingerprint density at radius 3 is 2.62 bits per heavy atom. The van der Waals surface area contributed by atoms with Gasteiger partial charge >= 0.3 is 0 Å². The van der Waals surface area contributed by atoms with Crippen LogP contribution in [-0.2, 0) is 13.0 Å². The first kappa shape index (κ1) is 16.8. The fraction of sp³-hybridized carbons (Fsp3) is 0.294. The van der Waals surface area contributed by atoms with Crippen LogP contribution in [-0.4, -0.2) is 10.5 Å². The second-order valence-corrected chi connectivity index (χ2v) is 6.93. The van der Waals surface area contributed by atoms with E-state index >= 15 is 0 Å². The summed E-state index contributed by atoms with van der Waals surface area (Å²) >= 11 is 3.14. The molecule has 1 aliphatic carbocycles. The molecule has 0 spiro atoms. The highest BCUT2D eigenvalue weighted by molar-refractivity contribution is 9.10. The fourth-order valence-corrected chi connectivity index (χ4v) is 2.95. The van der Waals surface area contributed by atoms with Gasteiger partial charge in [0.25, 0.3) is 11.5 Å². The largest absolute Gasteiger partial charge is 0.366 e. The van der Waals surface area contributed by atoms with Crippen molar-refractivity contribution in [2.24, 2.45) is 11.7 Å². The van der Waals surface area contributed by atoms with Crippen LogP contribution in [0.1, 0.15) is 34.3 Å². The van der Waals surface area contributed by atoms with Gasteiger partial charge in [0.15, 0.2) is 5.82 Å². The van der Waals surface area contributed by atoms with Crippen LogP contribution >= 0.6 is 15.9 Å². The maximum Gasteiger partial charge on any atom is 0.286 e. The summed E-state index contributed by atoms with van der Waals surface area (Å²) in [5, 5.41) is 0. The highest BCUT2D eigenvalue weighted by atomic mass is 79.9. The number of hydrogen-bond donors (Lipinski definition) is 1. The Hall–Kier alpha value is -2.02. The maximum absolute atomic E-state index is 14.6. The molecular weight excluding hydrogens is 382 g/mol. The second kappa shape index (κ2) is 6.47. The van der Waals surface area contributed by atoms with Crippen LogP contribution in [0, 0.1) is 17.6 Å². The molecule has 1 aromatic carbocycles. The van der Waals surface area contributed by atoms with Crippen LogP contribution < -0.4 is 11.3 Å². The Morgan fingerprint density at radius 2 is 2.04 bits per heavy atom. The molecule has 1 saturated carbocycles. The van der Waals surface area contributed by atoms with E-state index in [2.05, 4.69) is 15.9 Å². The van der Waals surface area contributed by atoms with Crippen molar-refractivity contribution in [1.29, 1.82) is 0 Å². The minimum atomic E-state index is -1.05. The molecule has 0 bridgehead atoms. The van der Waals surface area contributed by atoms with Crippen LogP contribution in [0.25, 0.3) is 0 Å². The Bertz CT molecular complexity index is 876. The van der Waals surface area contributed by atoms with E-state index in [1.807, 2.05) is 0 Å². The molecule has 24 heavy (non-hydrogen) atoms. The quantitative estimate of drug-likeness (QED) is 0.843. The van der Waals surface area contributed by atoms with Gasteiger partial charge in [0, 0.05) is 29.2 Å². The maximum atomic E-state index is 14.6. The summed E-state index contributed by atoms with van der Waals surface area (Å²) in [7, 11) is 0. The first-order valence-electron chi connectivity index (χ1n) is 7.52. The average molecular weight is 397 g/mol. The zero-order chi connectivity index (χ0) is 17.4. The van der Waals surface area contributed by atoms with Gasteiger partial charge in [-0.1, -0.05) is 22.0 Å². The van der Waals surface area contributed by atoms with Crippen molar-refractivity contribution >= 4 is 21.8 Å². The van der Waals surface area contributed by atoms with Gasteiger partial charge in [-0.15, -0.1) is 0 Å². The van der Waals surface area contributed by atoms with Gasteiger partial charge in [0.1, 0.15) is 5.82 Å². The van der Waals surface area contributed by atoms with Crippen molar-refractivity contribution < 1.29 is 13.6 Å². The fourth-order valence-electron chi connectivity index (χ4n) is 2.62. The average Bonchev–Trinajstić information content (AvgIpc) is 3.32. The minimum absolute atomic E-state index is 0.0879. The third-order valence-electron chi connectivity index (χ3n) is 4.12. The molecule has 3 rings (SSSR count). The molecule has 1 aromatic heterocycles. The number of carbonyl (C=O) groups excluding carboxylic acids is 1. The number of halogens is 3. The normalized spacial score (nSPS) is 14.0. The van der Waals surface area contributed by atoms with Gasteiger partial charge in [0.05, 0.1) is 5.56 Å². The number of nitrogens with two attached hydrogens (primary N) is 1. The topological polar surface area (TPSA) is 65.1 Å². The first-order chi connectivity index (χ1) is 11.4. The van der Waals surface area contributed by atoms with Crippen molar-refractivity contribution in [3.8, 4) is 0 Å². The predicted octanol–water partition coefficient (Wildman–Crippen LogP) is 2.99. The molecule has 0 atom stereocenters. The van der Waals surface area contributed by atoms with Gasteiger partial charge in [-0.2, -0.15) is 0 Å². The van der Waals surface area contributed by atoms with Crippen molar-refractivity contribution in [2.75, 3.05) is 0 Å². The zero-order valence-electron chi connectivity index (χ0n) is 12.7. The highest BCUT2D eigenvalue weighted by Gasteiger charge is 2.25. The lowest BCUT2D eigenvalue weighted by Gasteiger charge is -2.13. The van der Waals surface area contributed by atoms with Gasteiger partial charge < -0.3 is 10.3 Å². The molecule has 1 heterocycles. The number of benzene rings is 1. The molecular formula is C17H15BrF2N2O2. The molecule has 1 amide bonds. The number of aromatic nitrogens is 1. The molecule has 0 aliphatic heterocycles. The van der Waals surface area contributed by atoms with E-state index in [-0.39, 0.29) is 23.1 Å². The number of nitrogens with zero attached hydrogens (tertiary/aromatic N) is 1. The van der Waals surface area contributed by atoms with Crippen molar-refractivity contribution in [2.45, 2.75) is 25.8 Å². The molecule has 4 nitrogen and oxygen atoms in total. The Kier molecular flexibility index (Phi) is 4.54. The molecule has 126 valence electrons. The summed E-state index contributed by atoms with van der Waals surface area (Å²) in [6.45, 7) is 0.364. The highest BCUT2D eigenvalue weighted by Crippen LogP contribution is 2.30. The molecule has 0 saturated heterocycles. The molecule has 2 N–H and O–H groups in total. The van der Waals surface area contributed by atoms with E-state index in [4.69, 9.17) is 5.73 Å². The summed E-state index contributed by atoms with van der Waals surface area (Å²) in [4.78, 5) is 23.9. The standard InChI is InChI=1S/C17H15BrF2N2O2/c18-11-4-3-10(14(19)6-11)5-12-13(16(21)23)8-22(7-9-1-2-9)17(24)15(12)20/h3-4,6,8-9H,1-2,5,7H2,(H2,21,23). The summed E-state index contributed by atoms with van der Waals surface area (Å²) in [6.07, 6.45) is 3.03. The molecule has 7 heteroatoms. The third kappa shape index (κ3) is 3.40. The lowest BCUT2D eigenvalue weighted by Crippen LogP contribution is -2.29. The number of primary amides is 1. The first-order valence-corrected chi connectivity index (χ1v) is 8.31. The lowest BCUT2D eigenvalue weighted by atomic mass is 10.00. The summed E-state index contributed by atoms with van der Waals surface area (Å²) in [5.41, 5.74) is 4.46. The van der Waals surface area contributed by atoms with E-state index in [1.165, 1.54) is 22.9 Å². The summed E-state index contributed by atoms with van der Waals surface area (Å²) in [6, 6.07) is 4.32. The Labute approximate surface area is 145 Å². The van der Waals surface area contributed by atoms with Gasteiger partial charge in [0.2, 0.25) is 0 Å². The molecule has 0 radical (unpaired) electrons. The van der Waals surface area contributed by atoms with Crippen LogP contribution in [0.2, 0.25) is 0 Å². The van der Waals surface area contributed by atoms with E-state index in [9.17, 15) is 18.4 Å². The van der Waals surface area contributed by atoms with E-state index in [0.717, 1.165) is 12.8 Å². The predicted molar refractivity (Wildman–Crippen MR) is 88.8 cm³/mol. The molecule has 1 fully saturated rings. The third-order valence-corrected chi connectivity index (χ3v) is 4.62. The molecule has 1 aliphatic rings. The van der Waals surface area contributed by atoms with Crippen LogP contribution in [0.15, 0.2) is 33.7 Å². The monoisotopic (exact) mass is 396 g/mol. The van der Waals surface area contributed by atoms with Gasteiger partial charge in [-0.25, -0.2) is 8.78 Å². The number of rotatable bonds is 5. The van der Waals surface area contributed by atoms with Crippen molar-refractivity contribution in [3.05, 3.63) is 67.5 Å². The van der Waals surface area contributed by atoms with Crippen LogP contribution in [0.3, 0.4) is 0 Å². The smallest absolute Gasteiger partial charge is 0.286 e. The summed E-state index contributed by atoms with van der Waals surface area (Å²) in [5.74, 6) is -2.11. The van der Waals surface area contributed by atoms with Gasteiger partial charge in [-0.3, -0.25) is 9.59 Å². The van der Waals surface area contributed by atoms with E-state index in [0.29, 0.717) is 16.9 Å². The number of carbonyl (C=O) groups is 1. The molecule has 0 unspecified atom stereocenters. The van der Waals surface area contributed by atoms with E-state index in [1.54, 1.807) is 6.07 Å². The van der Waals surface area contributed by atoms with Crippen molar-refractivity contribution in [3.63, 3.8) is 0 Å². The number of pyridine rings is 1. The SMILES string of the molecule is NC(=O)c1cn(CC2CC2)c(=O)c(F)c1Cc1ccc(Br)cc1F. The van der Waals surface area contributed by atoms with Crippen LogP contribution in [0.4, 0.5) is 8.78 Å². The van der Waals surface area contributed by atoms with Crippen molar-refractivity contribution in [1.82, 2.24) is 4.57 Å². The Balaban J connectivity index is 2.06. The summed E-state index contributed by atoms with van der Waals surface area (Å²) < 4.78 is 30.3. The second-order valence-electron chi connectivity index (χ2n) is 6.01. The lowest BCUT2D eigenvalue weighted by molar-refractivity contribution is 0.0998. The number of amides is 1. The number of hydrogen-bond acceptors (Lipinski definition) is 2. The zero-order valence-corrected chi connectivity index (χ0v) is 14.3. The van der Waals surface area contributed by atoms with Gasteiger partial charge in [-0.05, 0) is 36.5 Å². The van der Waals surface area contributed by atoms with Crippen LogP contribution in [0.5, 0.6) is 0 Å². The molecule has 2 aromatic rings.